The van der Waals surface area contributed by atoms with Crippen LogP contribution in [0.1, 0.15) is 18.4 Å². The summed E-state index contributed by atoms with van der Waals surface area (Å²) in [6.45, 7) is 9.83. The molecule has 0 atom stereocenters. The van der Waals surface area contributed by atoms with Gasteiger partial charge in [-0.25, -0.2) is 0 Å². The fourth-order valence-electron chi connectivity index (χ4n) is 2.35. The highest BCUT2D eigenvalue weighted by molar-refractivity contribution is 6.49. The van der Waals surface area contributed by atoms with Gasteiger partial charge in [-0.1, -0.05) is 12.1 Å². The van der Waals surface area contributed by atoms with Crippen LogP contribution in [0.2, 0.25) is 13.1 Å². The van der Waals surface area contributed by atoms with Crippen molar-refractivity contribution in [1.29, 1.82) is 0 Å². The van der Waals surface area contributed by atoms with Gasteiger partial charge in [0.15, 0.2) is 0 Å². The molecule has 0 aliphatic carbocycles. The first-order valence-corrected chi connectivity index (χ1v) is 9.96. The molecule has 0 N–H and O–H groups in total. The molecule has 1 aliphatic rings. The third-order valence-corrected chi connectivity index (χ3v) is 4.02. The topological polar surface area (TPSA) is 24.8 Å². The summed E-state index contributed by atoms with van der Waals surface area (Å²) in [5.41, 5.74) is 2.15. The van der Waals surface area contributed by atoms with Crippen LogP contribution in [-0.2, 0) is 0 Å². The minimum atomic E-state index is -1.09. The number of likely N-dealkylation sites (tertiary alicyclic amines) is 1. The molecule has 19 heavy (non-hydrogen) atoms. The molecule has 0 saturated carbocycles. The number of para-hydroxylation sites is 1. The SMILES string of the molecule is Cc1cccc(N=CCN2CCCC2)c1O[SiH](C)C. The van der Waals surface area contributed by atoms with E-state index in [2.05, 4.69) is 36.0 Å². The lowest BCUT2D eigenvalue weighted by molar-refractivity contribution is 0.391. The number of benzene rings is 1. The number of rotatable bonds is 5. The number of hydrogen-bond acceptors (Lipinski definition) is 3. The van der Waals surface area contributed by atoms with E-state index >= 15 is 0 Å². The van der Waals surface area contributed by atoms with Gasteiger partial charge in [0.2, 0.25) is 9.04 Å². The Morgan fingerprint density at radius 2 is 2.05 bits per heavy atom. The molecule has 1 fully saturated rings. The van der Waals surface area contributed by atoms with Crippen LogP contribution < -0.4 is 4.43 Å². The molecule has 0 aromatic heterocycles. The Morgan fingerprint density at radius 3 is 2.74 bits per heavy atom. The van der Waals surface area contributed by atoms with E-state index in [1.807, 2.05) is 18.3 Å². The van der Waals surface area contributed by atoms with Crippen LogP contribution in [0, 0.1) is 6.92 Å². The maximum Gasteiger partial charge on any atom is 0.229 e. The summed E-state index contributed by atoms with van der Waals surface area (Å²) in [7, 11) is -1.09. The molecule has 1 aromatic rings. The zero-order valence-corrected chi connectivity index (χ0v) is 13.4. The third kappa shape index (κ3) is 4.18. The van der Waals surface area contributed by atoms with Crippen molar-refractivity contribution in [3.8, 4) is 5.75 Å². The summed E-state index contributed by atoms with van der Waals surface area (Å²) >= 11 is 0. The van der Waals surface area contributed by atoms with E-state index < -0.39 is 9.04 Å². The van der Waals surface area contributed by atoms with Gasteiger partial charge < -0.3 is 4.43 Å². The smallest absolute Gasteiger partial charge is 0.229 e. The van der Waals surface area contributed by atoms with E-state index in [9.17, 15) is 0 Å². The van der Waals surface area contributed by atoms with Crippen molar-refractivity contribution in [1.82, 2.24) is 4.90 Å². The maximum absolute atomic E-state index is 6.01. The van der Waals surface area contributed by atoms with E-state index in [-0.39, 0.29) is 0 Å². The van der Waals surface area contributed by atoms with Crippen molar-refractivity contribution in [3.63, 3.8) is 0 Å². The number of aliphatic imine (C=N–C) groups is 1. The highest BCUT2D eigenvalue weighted by Crippen LogP contribution is 2.31. The zero-order chi connectivity index (χ0) is 13.7. The Labute approximate surface area is 118 Å². The zero-order valence-electron chi connectivity index (χ0n) is 12.2. The van der Waals surface area contributed by atoms with Crippen molar-refractivity contribution in [2.45, 2.75) is 32.9 Å². The Kier molecular flexibility index (Phi) is 5.16. The molecular formula is C15H24N2OSi. The maximum atomic E-state index is 6.01. The predicted molar refractivity (Wildman–Crippen MR) is 84.5 cm³/mol. The van der Waals surface area contributed by atoms with Crippen LogP contribution in [0.25, 0.3) is 0 Å². The second kappa shape index (κ2) is 6.87. The molecule has 0 amide bonds. The molecule has 2 rings (SSSR count). The fraction of sp³-hybridized carbons (Fsp3) is 0.533. The van der Waals surface area contributed by atoms with Gasteiger partial charge in [-0.3, -0.25) is 9.89 Å². The van der Waals surface area contributed by atoms with Crippen molar-refractivity contribution >= 4 is 20.9 Å². The summed E-state index contributed by atoms with van der Waals surface area (Å²) in [4.78, 5) is 7.06. The van der Waals surface area contributed by atoms with Gasteiger partial charge in [0.1, 0.15) is 11.4 Å². The first-order valence-electron chi connectivity index (χ1n) is 7.18. The normalized spacial score (nSPS) is 16.6. The van der Waals surface area contributed by atoms with Gasteiger partial charge >= 0.3 is 0 Å². The lowest BCUT2D eigenvalue weighted by Gasteiger charge is -2.15. The number of nitrogens with zero attached hydrogens (tertiary/aromatic N) is 2. The van der Waals surface area contributed by atoms with Gasteiger partial charge in [0.05, 0.1) is 0 Å². The Morgan fingerprint density at radius 1 is 1.32 bits per heavy atom. The van der Waals surface area contributed by atoms with Crippen molar-refractivity contribution in [2.24, 2.45) is 4.99 Å². The molecule has 1 heterocycles. The summed E-state index contributed by atoms with van der Waals surface area (Å²) in [5, 5.41) is 0. The summed E-state index contributed by atoms with van der Waals surface area (Å²) < 4.78 is 6.01. The van der Waals surface area contributed by atoms with Crippen molar-refractivity contribution < 1.29 is 4.43 Å². The molecule has 1 aliphatic heterocycles. The minimum Gasteiger partial charge on any atom is -0.545 e. The van der Waals surface area contributed by atoms with Crippen molar-refractivity contribution in [3.05, 3.63) is 23.8 Å². The molecule has 3 nitrogen and oxygen atoms in total. The number of hydrogen-bond donors (Lipinski definition) is 0. The molecule has 1 saturated heterocycles. The Balaban J connectivity index is 2.05. The van der Waals surface area contributed by atoms with Gasteiger partial charge in [-0.2, -0.15) is 0 Å². The summed E-state index contributed by atoms with van der Waals surface area (Å²) in [6, 6.07) is 6.18. The van der Waals surface area contributed by atoms with Gasteiger partial charge in [0, 0.05) is 12.8 Å². The van der Waals surface area contributed by atoms with Gasteiger partial charge in [0.25, 0.3) is 0 Å². The predicted octanol–water partition coefficient (Wildman–Crippen LogP) is 3.16. The number of aryl methyl sites for hydroxylation is 1. The van der Waals surface area contributed by atoms with Crippen LogP contribution in [0.4, 0.5) is 5.69 Å². The fourth-order valence-corrected chi connectivity index (χ4v) is 3.13. The van der Waals surface area contributed by atoms with E-state index in [4.69, 9.17) is 4.43 Å². The van der Waals surface area contributed by atoms with E-state index in [0.29, 0.717) is 0 Å². The van der Waals surface area contributed by atoms with Gasteiger partial charge in [-0.05, 0) is 57.6 Å². The van der Waals surface area contributed by atoms with Crippen LogP contribution in [0.15, 0.2) is 23.2 Å². The summed E-state index contributed by atoms with van der Waals surface area (Å²) in [6.07, 6.45) is 4.67. The second-order valence-electron chi connectivity index (χ2n) is 5.41. The Bertz CT molecular complexity index is 440. The largest absolute Gasteiger partial charge is 0.545 e. The average Bonchev–Trinajstić information content (AvgIpc) is 2.86. The lowest BCUT2D eigenvalue weighted by Crippen LogP contribution is -2.21. The first kappa shape index (κ1) is 14.3. The molecule has 0 spiro atoms. The average molecular weight is 276 g/mol. The second-order valence-corrected chi connectivity index (χ2v) is 7.74. The summed E-state index contributed by atoms with van der Waals surface area (Å²) in [5.74, 6) is 0.974. The van der Waals surface area contributed by atoms with Gasteiger partial charge in [-0.15, -0.1) is 0 Å². The molecule has 0 unspecified atom stereocenters. The highest BCUT2D eigenvalue weighted by atomic mass is 28.3. The van der Waals surface area contributed by atoms with Crippen LogP contribution >= 0.6 is 0 Å². The first-order chi connectivity index (χ1) is 9.16. The molecular weight excluding hydrogens is 252 g/mol. The molecule has 4 heteroatoms. The molecule has 104 valence electrons. The highest BCUT2D eigenvalue weighted by Gasteiger charge is 2.10. The quantitative estimate of drug-likeness (QED) is 0.609. The van der Waals surface area contributed by atoms with Crippen LogP contribution in [0.5, 0.6) is 5.75 Å². The lowest BCUT2D eigenvalue weighted by atomic mass is 10.2. The van der Waals surface area contributed by atoms with E-state index in [1.165, 1.54) is 31.5 Å². The minimum absolute atomic E-state index is 0.951. The van der Waals surface area contributed by atoms with Crippen LogP contribution in [-0.4, -0.2) is 39.8 Å². The monoisotopic (exact) mass is 276 g/mol. The molecule has 1 aromatic carbocycles. The molecule has 0 radical (unpaired) electrons. The van der Waals surface area contributed by atoms with Crippen LogP contribution in [0.3, 0.4) is 0 Å². The van der Waals surface area contributed by atoms with E-state index in [1.54, 1.807) is 0 Å². The molecule has 0 bridgehead atoms. The van der Waals surface area contributed by atoms with E-state index in [0.717, 1.165) is 18.0 Å². The third-order valence-electron chi connectivity index (χ3n) is 3.31. The Hall–Kier alpha value is -1.13. The van der Waals surface area contributed by atoms with Crippen molar-refractivity contribution in [2.75, 3.05) is 19.6 Å². The standard InChI is InChI=1S/C15H24N2OSi/c1-13-7-6-8-14(15(13)18-19(2)3)16-9-12-17-10-4-5-11-17/h6-9,19H,4-5,10-12H2,1-3H3.